The van der Waals surface area contributed by atoms with Crippen LogP contribution in [0.15, 0.2) is 48.5 Å². The molecule has 1 atom stereocenters. The molecule has 0 heterocycles. The zero-order chi connectivity index (χ0) is 17.2. The number of carbonyl (C=O) groups excluding carboxylic acids is 1. The fraction of sp³-hybridized carbons (Fsp3) is 0.278. The Morgan fingerprint density at radius 3 is 2.30 bits per heavy atom. The van der Waals surface area contributed by atoms with E-state index >= 15 is 0 Å². The molecule has 0 aliphatic heterocycles. The van der Waals surface area contributed by atoms with Gasteiger partial charge in [-0.15, -0.1) is 0 Å². The summed E-state index contributed by atoms with van der Waals surface area (Å²) in [6.07, 6.45) is 0.224. The molecule has 1 unspecified atom stereocenters. The number of hydrogen-bond acceptors (Lipinski definition) is 5. The van der Waals surface area contributed by atoms with Crippen molar-refractivity contribution in [2.24, 2.45) is 5.73 Å². The summed E-state index contributed by atoms with van der Waals surface area (Å²) in [4.78, 5) is 11.8. The third-order valence-corrected chi connectivity index (χ3v) is 3.02. The number of nitrogens with two attached hydrogens (primary N) is 1. The summed E-state index contributed by atoms with van der Waals surface area (Å²) < 4.78 is 5.14. The van der Waals surface area contributed by atoms with Crippen LogP contribution in [0.5, 0.6) is 11.5 Å². The fourth-order valence-electron chi connectivity index (χ4n) is 1.87. The normalized spacial score (nSPS) is 11.1. The van der Waals surface area contributed by atoms with Gasteiger partial charge in [-0.3, -0.25) is 4.79 Å². The van der Waals surface area contributed by atoms with Crippen LogP contribution in [0, 0.1) is 0 Å². The Labute approximate surface area is 136 Å². The molecule has 0 spiro atoms. The first-order valence-electron chi connectivity index (χ1n) is 7.53. The predicted molar refractivity (Wildman–Crippen MR) is 89.0 cm³/mol. The summed E-state index contributed by atoms with van der Waals surface area (Å²) >= 11 is 0. The first kappa shape index (κ1) is 18.5. The molecule has 2 aromatic carbocycles. The van der Waals surface area contributed by atoms with Gasteiger partial charge < -0.3 is 20.7 Å². The number of hydrogen-bond donors (Lipinski definition) is 3. The number of aromatic hydroxyl groups is 2. The van der Waals surface area contributed by atoms with Crippen molar-refractivity contribution in [1.29, 1.82) is 0 Å². The lowest BCUT2D eigenvalue weighted by molar-refractivity contribution is -0.146. The predicted octanol–water partition coefficient (Wildman–Crippen LogP) is 2.74. The van der Waals surface area contributed by atoms with Crippen LogP contribution >= 0.6 is 0 Å². The molecule has 2 aromatic rings. The van der Waals surface area contributed by atoms with Gasteiger partial charge in [0.1, 0.15) is 12.6 Å². The average molecular weight is 317 g/mol. The van der Waals surface area contributed by atoms with Gasteiger partial charge in [-0.25, -0.2) is 0 Å². The van der Waals surface area contributed by atoms with E-state index in [0.717, 1.165) is 5.56 Å². The van der Waals surface area contributed by atoms with Crippen molar-refractivity contribution >= 4 is 5.97 Å². The van der Waals surface area contributed by atoms with Crippen molar-refractivity contribution in [3.05, 3.63) is 59.7 Å². The van der Waals surface area contributed by atoms with Crippen molar-refractivity contribution in [2.45, 2.75) is 32.9 Å². The SMILES string of the molecule is CC.NC(Cc1ccc(O)c(O)c1)C(=O)OCc1ccccc1. The van der Waals surface area contributed by atoms with E-state index in [1.54, 1.807) is 6.07 Å². The van der Waals surface area contributed by atoms with Crippen LogP contribution in [0.4, 0.5) is 0 Å². The van der Waals surface area contributed by atoms with Crippen LogP contribution in [0.3, 0.4) is 0 Å². The third kappa shape index (κ3) is 6.00. The van der Waals surface area contributed by atoms with E-state index in [9.17, 15) is 15.0 Å². The molecule has 0 fully saturated rings. The quantitative estimate of drug-likeness (QED) is 0.582. The Balaban J connectivity index is 0.00000127. The molecular weight excluding hydrogens is 294 g/mol. The molecule has 2 rings (SSSR count). The third-order valence-electron chi connectivity index (χ3n) is 3.02. The molecule has 4 N–H and O–H groups in total. The molecule has 0 aromatic heterocycles. The largest absolute Gasteiger partial charge is 0.504 e. The summed E-state index contributed by atoms with van der Waals surface area (Å²) in [7, 11) is 0. The number of carbonyl (C=O) groups is 1. The summed E-state index contributed by atoms with van der Waals surface area (Å²) in [6.45, 7) is 4.17. The highest BCUT2D eigenvalue weighted by atomic mass is 16.5. The van der Waals surface area contributed by atoms with E-state index in [2.05, 4.69) is 0 Å². The van der Waals surface area contributed by atoms with Crippen LogP contribution in [0.2, 0.25) is 0 Å². The lowest BCUT2D eigenvalue weighted by Crippen LogP contribution is -2.34. The molecule has 0 amide bonds. The second-order valence-electron chi connectivity index (χ2n) is 4.73. The van der Waals surface area contributed by atoms with Crippen LogP contribution in [0.25, 0.3) is 0 Å². The number of ether oxygens (including phenoxy) is 1. The van der Waals surface area contributed by atoms with Crippen LogP contribution in [-0.2, 0) is 22.6 Å². The molecule has 5 heteroatoms. The van der Waals surface area contributed by atoms with Crippen LogP contribution in [-0.4, -0.2) is 22.2 Å². The van der Waals surface area contributed by atoms with Crippen LogP contribution < -0.4 is 5.73 Å². The molecule has 0 radical (unpaired) electrons. The van der Waals surface area contributed by atoms with E-state index in [1.165, 1.54) is 12.1 Å². The minimum Gasteiger partial charge on any atom is -0.504 e. The van der Waals surface area contributed by atoms with E-state index in [1.807, 2.05) is 44.2 Å². The molecular formula is C18H23NO4. The lowest BCUT2D eigenvalue weighted by atomic mass is 10.1. The van der Waals surface area contributed by atoms with Gasteiger partial charge in [0, 0.05) is 0 Å². The van der Waals surface area contributed by atoms with E-state index in [-0.39, 0.29) is 24.5 Å². The molecule has 0 aliphatic carbocycles. The van der Waals surface area contributed by atoms with Crippen molar-refractivity contribution in [2.75, 3.05) is 0 Å². The summed E-state index contributed by atoms with van der Waals surface area (Å²) in [5.41, 5.74) is 7.32. The highest BCUT2D eigenvalue weighted by Crippen LogP contribution is 2.25. The van der Waals surface area contributed by atoms with E-state index < -0.39 is 12.0 Å². The van der Waals surface area contributed by atoms with Crippen molar-refractivity contribution < 1.29 is 19.7 Å². The Kier molecular flexibility index (Phi) is 7.63. The van der Waals surface area contributed by atoms with Gasteiger partial charge in [0.2, 0.25) is 0 Å². The maximum Gasteiger partial charge on any atom is 0.323 e. The van der Waals surface area contributed by atoms with Gasteiger partial charge >= 0.3 is 5.97 Å². The van der Waals surface area contributed by atoms with Crippen LogP contribution in [0.1, 0.15) is 25.0 Å². The van der Waals surface area contributed by atoms with Crippen molar-refractivity contribution in [3.63, 3.8) is 0 Å². The zero-order valence-corrected chi connectivity index (χ0v) is 13.4. The maximum atomic E-state index is 11.8. The smallest absolute Gasteiger partial charge is 0.323 e. The van der Waals surface area contributed by atoms with Gasteiger partial charge in [-0.1, -0.05) is 50.2 Å². The standard InChI is InChI=1S/C16H17NO4.C2H6/c17-13(8-12-6-7-14(18)15(19)9-12)16(20)21-10-11-4-2-1-3-5-11;1-2/h1-7,9,13,18-19H,8,10,17H2;1-2H3. The molecule has 124 valence electrons. The monoisotopic (exact) mass is 317 g/mol. The number of phenolic OH excluding ortho intramolecular Hbond substituents is 2. The lowest BCUT2D eigenvalue weighted by Gasteiger charge is -2.12. The van der Waals surface area contributed by atoms with Gasteiger partial charge in [0.15, 0.2) is 11.5 Å². The number of esters is 1. The van der Waals surface area contributed by atoms with E-state index in [4.69, 9.17) is 10.5 Å². The number of rotatable bonds is 5. The summed E-state index contributed by atoms with van der Waals surface area (Å²) in [5.74, 6) is -0.956. The topological polar surface area (TPSA) is 92.8 Å². The highest BCUT2D eigenvalue weighted by molar-refractivity contribution is 5.76. The summed E-state index contributed by atoms with van der Waals surface area (Å²) in [6, 6.07) is 12.8. The second kappa shape index (κ2) is 9.48. The number of phenols is 2. The minimum atomic E-state index is -0.822. The summed E-state index contributed by atoms with van der Waals surface area (Å²) in [5, 5.41) is 18.6. The molecule has 0 saturated heterocycles. The fourth-order valence-corrected chi connectivity index (χ4v) is 1.87. The van der Waals surface area contributed by atoms with Gasteiger partial charge in [-0.2, -0.15) is 0 Å². The number of benzene rings is 2. The minimum absolute atomic E-state index is 0.175. The Hall–Kier alpha value is -2.53. The Morgan fingerprint density at radius 1 is 1.04 bits per heavy atom. The van der Waals surface area contributed by atoms with Crippen molar-refractivity contribution in [3.8, 4) is 11.5 Å². The van der Waals surface area contributed by atoms with E-state index in [0.29, 0.717) is 5.56 Å². The molecule has 5 nitrogen and oxygen atoms in total. The zero-order valence-electron chi connectivity index (χ0n) is 13.4. The first-order chi connectivity index (χ1) is 11.1. The van der Waals surface area contributed by atoms with Gasteiger partial charge in [0.25, 0.3) is 0 Å². The second-order valence-corrected chi connectivity index (χ2v) is 4.73. The highest BCUT2D eigenvalue weighted by Gasteiger charge is 2.16. The maximum absolute atomic E-state index is 11.8. The van der Waals surface area contributed by atoms with Gasteiger partial charge in [-0.05, 0) is 29.7 Å². The first-order valence-corrected chi connectivity index (χ1v) is 7.53. The molecule has 23 heavy (non-hydrogen) atoms. The molecule has 0 bridgehead atoms. The average Bonchev–Trinajstić information content (AvgIpc) is 2.58. The molecule has 0 aliphatic rings. The molecule has 0 saturated carbocycles. The Bertz CT molecular complexity index is 614. The van der Waals surface area contributed by atoms with Gasteiger partial charge in [0.05, 0.1) is 0 Å². The van der Waals surface area contributed by atoms with Crippen molar-refractivity contribution in [1.82, 2.24) is 0 Å². The Morgan fingerprint density at radius 2 is 1.70 bits per heavy atom.